The standard InChI is InChI=1S/C34H45N5O5/c1-23(35-2)31(41)38-29(16-5-7-19-36-32(42)26-14-9-11-24(21-26)22-40)34(44)39-20-8-6-18-30(39)33(43)37-28-17-10-13-25-12-3-4-15-27(25)28/h3-4,9,11-12,14-15,21-23,28-30,35H,5-8,10,13,16-20H2,1-2H3,(H,36,42)(H,37,43)(H,38,41). The van der Waals surface area contributed by atoms with Crippen molar-refractivity contribution < 1.29 is 24.0 Å². The second-order valence-electron chi connectivity index (χ2n) is 11.8. The number of likely N-dealkylation sites (tertiary alicyclic amines) is 1. The van der Waals surface area contributed by atoms with E-state index in [0.29, 0.717) is 56.2 Å². The molecule has 10 heteroatoms. The van der Waals surface area contributed by atoms with Crippen molar-refractivity contribution in [1.82, 2.24) is 26.2 Å². The van der Waals surface area contributed by atoms with Gasteiger partial charge in [0.1, 0.15) is 18.4 Å². The Kier molecular flexibility index (Phi) is 12.1. The molecule has 4 unspecified atom stereocenters. The van der Waals surface area contributed by atoms with Crippen molar-refractivity contribution in [3.63, 3.8) is 0 Å². The van der Waals surface area contributed by atoms with Gasteiger partial charge in [-0.3, -0.25) is 24.0 Å². The molecule has 0 spiro atoms. The van der Waals surface area contributed by atoms with Crippen LogP contribution in [0.5, 0.6) is 0 Å². The minimum absolute atomic E-state index is 0.0746. The van der Waals surface area contributed by atoms with E-state index in [1.54, 1.807) is 37.1 Å². The molecule has 4 rings (SSSR count). The Hall–Kier alpha value is -4.05. The third-order valence-corrected chi connectivity index (χ3v) is 8.71. The van der Waals surface area contributed by atoms with Crippen molar-refractivity contribution in [2.24, 2.45) is 0 Å². The summed E-state index contributed by atoms with van der Waals surface area (Å²) in [6, 6.07) is 12.7. The molecule has 4 amide bonds. The van der Waals surface area contributed by atoms with Crippen LogP contribution in [-0.2, 0) is 20.8 Å². The van der Waals surface area contributed by atoms with Gasteiger partial charge >= 0.3 is 0 Å². The summed E-state index contributed by atoms with van der Waals surface area (Å²) in [7, 11) is 1.68. The fourth-order valence-electron chi connectivity index (χ4n) is 6.06. The summed E-state index contributed by atoms with van der Waals surface area (Å²) in [6.07, 6.45) is 7.33. The Morgan fingerprint density at radius 2 is 1.82 bits per heavy atom. The van der Waals surface area contributed by atoms with Gasteiger partial charge in [0.2, 0.25) is 17.7 Å². The molecule has 10 nitrogen and oxygen atoms in total. The molecule has 1 fully saturated rings. The number of hydrogen-bond donors (Lipinski definition) is 4. The molecule has 44 heavy (non-hydrogen) atoms. The number of aryl methyl sites for hydroxylation is 1. The van der Waals surface area contributed by atoms with Crippen LogP contribution in [0.2, 0.25) is 0 Å². The molecular weight excluding hydrogens is 558 g/mol. The SMILES string of the molecule is CNC(C)C(=O)NC(CCCCNC(=O)c1cccc(C=O)c1)C(=O)N1CCCCC1C(=O)NC1CCCc2ccccc21. The Balaban J connectivity index is 1.38. The second kappa shape index (κ2) is 16.1. The van der Waals surface area contributed by atoms with Gasteiger partial charge in [-0.15, -0.1) is 0 Å². The van der Waals surface area contributed by atoms with Gasteiger partial charge in [0.05, 0.1) is 12.1 Å². The Morgan fingerprint density at radius 1 is 1.00 bits per heavy atom. The predicted octanol–water partition coefficient (Wildman–Crippen LogP) is 3.07. The highest BCUT2D eigenvalue weighted by Gasteiger charge is 2.37. The second-order valence-corrected chi connectivity index (χ2v) is 11.8. The summed E-state index contributed by atoms with van der Waals surface area (Å²) in [6.45, 7) is 2.57. The van der Waals surface area contributed by atoms with Crippen LogP contribution in [0.25, 0.3) is 0 Å². The van der Waals surface area contributed by atoms with Gasteiger partial charge < -0.3 is 26.2 Å². The van der Waals surface area contributed by atoms with E-state index in [2.05, 4.69) is 33.4 Å². The molecule has 0 saturated carbocycles. The van der Waals surface area contributed by atoms with E-state index in [4.69, 9.17) is 0 Å². The molecule has 1 aliphatic carbocycles. The molecule has 2 aromatic rings. The Labute approximate surface area is 259 Å². The molecule has 4 N–H and O–H groups in total. The van der Waals surface area contributed by atoms with Gasteiger partial charge in [0.25, 0.3) is 5.91 Å². The van der Waals surface area contributed by atoms with Gasteiger partial charge in [0.15, 0.2) is 0 Å². The van der Waals surface area contributed by atoms with Crippen LogP contribution in [-0.4, -0.2) is 73.1 Å². The molecule has 0 aromatic heterocycles. The normalized spacial score (nSPS) is 19.2. The van der Waals surface area contributed by atoms with E-state index in [0.717, 1.165) is 37.7 Å². The van der Waals surface area contributed by atoms with Crippen LogP contribution in [0.15, 0.2) is 48.5 Å². The first-order chi connectivity index (χ1) is 21.3. The van der Waals surface area contributed by atoms with E-state index in [9.17, 15) is 24.0 Å². The average molecular weight is 604 g/mol. The molecule has 0 radical (unpaired) electrons. The summed E-state index contributed by atoms with van der Waals surface area (Å²) in [5.41, 5.74) is 3.24. The van der Waals surface area contributed by atoms with E-state index in [1.807, 2.05) is 12.1 Å². The number of nitrogens with one attached hydrogen (secondary N) is 4. The van der Waals surface area contributed by atoms with Crippen LogP contribution < -0.4 is 21.3 Å². The zero-order valence-electron chi connectivity index (χ0n) is 25.8. The van der Waals surface area contributed by atoms with Crippen molar-refractivity contribution in [3.8, 4) is 0 Å². The number of rotatable bonds is 13. The summed E-state index contributed by atoms with van der Waals surface area (Å²) >= 11 is 0. The number of aldehydes is 1. The van der Waals surface area contributed by atoms with Crippen LogP contribution in [0, 0.1) is 0 Å². The quantitative estimate of drug-likeness (QED) is 0.205. The third kappa shape index (κ3) is 8.53. The van der Waals surface area contributed by atoms with Gasteiger partial charge in [-0.05, 0) is 95.0 Å². The van der Waals surface area contributed by atoms with Crippen LogP contribution in [0.1, 0.15) is 96.2 Å². The van der Waals surface area contributed by atoms with Gasteiger partial charge in [0, 0.05) is 24.2 Å². The maximum absolute atomic E-state index is 14.0. The lowest BCUT2D eigenvalue weighted by molar-refractivity contribution is -0.145. The van der Waals surface area contributed by atoms with Crippen molar-refractivity contribution in [1.29, 1.82) is 0 Å². The fourth-order valence-corrected chi connectivity index (χ4v) is 6.06. The predicted molar refractivity (Wildman–Crippen MR) is 168 cm³/mol. The molecule has 2 aromatic carbocycles. The summed E-state index contributed by atoms with van der Waals surface area (Å²) in [4.78, 5) is 65.7. The van der Waals surface area contributed by atoms with Crippen molar-refractivity contribution in [3.05, 3.63) is 70.8 Å². The monoisotopic (exact) mass is 603 g/mol. The number of carbonyl (C=O) groups is 5. The highest BCUT2D eigenvalue weighted by Crippen LogP contribution is 2.30. The van der Waals surface area contributed by atoms with Crippen LogP contribution >= 0.6 is 0 Å². The minimum atomic E-state index is -0.790. The number of benzene rings is 2. The molecule has 1 saturated heterocycles. The maximum atomic E-state index is 14.0. The topological polar surface area (TPSA) is 137 Å². The van der Waals surface area contributed by atoms with E-state index in [-0.39, 0.29) is 29.7 Å². The number of piperidine rings is 1. The number of nitrogens with zero attached hydrogens (tertiary/aromatic N) is 1. The average Bonchev–Trinajstić information content (AvgIpc) is 3.06. The lowest BCUT2D eigenvalue weighted by Gasteiger charge is -2.38. The summed E-state index contributed by atoms with van der Waals surface area (Å²) in [5, 5.41) is 11.9. The first-order valence-corrected chi connectivity index (χ1v) is 15.8. The zero-order valence-corrected chi connectivity index (χ0v) is 25.8. The molecule has 1 aliphatic heterocycles. The minimum Gasteiger partial charge on any atom is -0.352 e. The highest BCUT2D eigenvalue weighted by atomic mass is 16.2. The molecule has 1 heterocycles. The first-order valence-electron chi connectivity index (χ1n) is 15.8. The van der Waals surface area contributed by atoms with Crippen LogP contribution in [0.4, 0.5) is 0 Å². The summed E-state index contributed by atoms with van der Waals surface area (Å²) in [5.74, 6) is -0.957. The van der Waals surface area contributed by atoms with Crippen LogP contribution in [0.3, 0.4) is 0 Å². The Morgan fingerprint density at radius 3 is 2.61 bits per heavy atom. The van der Waals surface area contributed by atoms with Gasteiger partial charge in [-0.25, -0.2) is 0 Å². The number of amides is 4. The third-order valence-electron chi connectivity index (χ3n) is 8.71. The molecule has 2 aliphatic rings. The fraction of sp³-hybridized carbons (Fsp3) is 0.500. The number of unbranched alkanes of at least 4 members (excludes halogenated alkanes) is 1. The molecule has 4 atom stereocenters. The zero-order chi connectivity index (χ0) is 31.5. The maximum Gasteiger partial charge on any atom is 0.251 e. The molecule has 0 bridgehead atoms. The number of likely N-dealkylation sites (N-methyl/N-ethyl adjacent to an activating group) is 1. The smallest absolute Gasteiger partial charge is 0.251 e. The number of fused-ring (bicyclic) bond motifs is 1. The van der Waals surface area contributed by atoms with E-state index in [1.165, 1.54) is 11.6 Å². The van der Waals surface area contributed by atoms with Gasteiger partial charge in [-0.2, -0.15) is 0 Å². The van der Waals surface area contributed by atoms with Crippen molar-refractivity contribution in [2.75, 3.05) is 20.1 Å². The molecular formula is C34H45N5O5. The molecule has 236 valence electrons. The Bertz CT molecular complexity index is 1330. The lowest BCUT2D eigenvalue weighted by Crippen LogP contribution is -2.58. The summed E-state index contributed by atoms with van der Waals surface area (Å²) < 4.78 is 0. The largest absolute Gasteiger partial charge is 0.352 e. The highest BCUT2D eigenvalue weighted by molar-refractivity contribution is 5.96. The number of carbonyl (C=O) groups excluding carboxylic acids is 5. The van der Waals surface area contributed by atoms with Crippen molar-refractivity contribution >= 4 is 29.9 Å². The lowest BCUT2D eigenvalue weighted by atomic mass is 9.87. The number of hydrogen-bond acceptors (Lipinski definition) is 6. The first kappa shape index (κ1) is 32.9. The van der Waals surface area contributed by atoms with Crippen molar-refractivity contribution in [2.45, 2.75) is 88.9 Å². The van der Waals surface area contributed by atoms with E-state index >= 15 is 0 Å². The van der Waals surface area contributed by atoms with E-state index < -0.39 is 18.1 Å². The van der Waals surface area contributed by atoms with Gasteiger partial charge in [-0.1, -0.05) is 36.4 Å².